The summed E-state index contributed by atoms with van der Waals surface area (Å²) in [7, 11) is 0. The molecule has 5 nitrogen and oxygen atoms in total. The molecule has 1 aliphatic heterocycles. The predicted octanol–water partition coefficient (Wildman–Crippen LogP) is 1.70. The lowest BCUT2D eigenvalue weighted by atomic mass is 9.76. The van der Waals surface area contributed by atoms with Gasteiger partial charge in [0.2, 0.25) is 5.78 Å². The summed E-state index contributed by atoms with van der Waals surface area (Å²) in [6, 6.07) is -0.854. The number of hydrogen-bond acceptors (Lipinski definition) is 3. The Kier molecular flexibility index (Phi) is 4.71. The highest BCUT2D eigenvalue weighted by atomic mass is 16.4. The molecule has 1 rings (SSSR count). The molecule has 0 aromatic carbocycles. The standard InChI is InChI=1S/C14H23NO4/c1-9(2)14(3,4)11(16)12(17)15-8-6-5-7-10(15)13(18)19/h9-10H,5-8H2,1-4H3,(H,18,19)/t10-/m0/s1. The Bertz CT molecular complexity index is 387. The molecule has 1 saturated heterocycles. The SMILES string of the molecule is CC(C)C(C)(C)C(=O)C(=O)N1CCCC[C@H]1C(=O)O. The molecular formula is C14H23NO4. The van der Waals surface area contributed by atoms with E-state index < -0.39 is 29.1 Å². The van der Waals surface area contributed by atoms with Crippen molar-refractivity contribution in [3.05, 3.63) is 0 Å². The van der Waals surface area contributed by atoms with Crippen molar-refractivity contribution in [3.63, 3.8) is 0 Å². The second-order valence-corrected chi connectivity index (χ2v) is 6.05. The maximum absolute atomic E-state index is 12.3. The van der Waals surface area contributed by atoms with Gasteiger partial charge in [-0.25, -0.2) is 4.79 Å². The molecule has 0 radical (unpaired) electrons. The van der Waals surface area contributed by atoms with E-state index >= 15 is 0 Å². The number of carbonyl (C=O) groups excluding carboxylic acids is 2. The lowest BCUT2D eigenvalue weighted by Gasteiger charge is -2.35. The summed E-state index contributed by atoms with van der Waals surface area (Å²) < 4.78 is 0. The molecule has 1 fully saturated rings. The van der Waals surface area contributed by atoms with Crippen LogP contribution in [0.5, 0.6) is 0 Å². The van der Waals surface area contributed by atoms with Crippen LogP contribution in [-0.4, -0.2) is 40.3 Å². The van der Waals surface area contributed by atoms with Crippen LogP contribution in [0.3, 0.4) is 0 Å². The first-order valence-corrected chi connectivity index (χ1v) is 6.77. The van der Waals surface area contributed by atoms with Gasteiger partial charge >= 0.3 is 5.97 Å². The van der Waals surface area contributed by atoms with Crippen molar-refractivity contribution in [1.82, 2.24) is 4.90 Å². The second-order valence-electron chi connectivity index (χ2n) is 6.05. The van der Waals surface area contributed by atoms with Crippen molar-refractivity contribution in [2.75, 3.05) is 6.54 Å². The van der Waals surface area contributed by atoms with Gasteiger partial charge in [-0.15, -0.1) is 0 Å². The normalized spacial score (nSPS) is 20.5. The number of likely N-dealkylation sites (tertiary alicyclic amines) is 1. The fourth-order valence-electron chi connectivity index (χ4n) is 2.10. The van der Waals surface area contributed by atoms with E-state index in [1.807, 2.05) is 13.8 Å². The van der Waals surface area contributed by atoms with E-state index in [9.17, 15) is 14.4 Å². The van der Waals surface area contributed by atoms with Gasteiger partial charge in [-0.2, -0.15) is 0 Å². The van der Waals surface area contributed by atoms with Crippen LogP contribution in [0.4, 0.5) is 0 Å². The first-order valence-electron chi connectivity index (χ1n) is 6.77. The Morgan fingerprint density at radius 2 is 1.79 bits per heavy atom. The van der Waals surface area contributed by atoms with E-state index in [1.165, 1.54) is 4.90 Å². The van der Waals surface area contributed by atoms with Crippen LogP contribution in [0.2, 0.25) is 0 Å². The number of nitrogens with zero attached hydrogens (tertiary/aromatic N) is 1. The third-order valence-electron chi connectivity index (χ3n) is 4.27. The monoisotopic (exact) mass is 269 g/mol. The number of carboxylic acids is 1. The molecule has 1 amide bonds. The van der Waals surface area contributed by atoms with E-state index in [1.54, 1.807) is 13.8 Å². The van der Waals surface area contributed by atoms with Crippen LogP contribution in [0.15, 0.2) is 0 Å². The zero-order valence-corrected chi connectivity index (χ0v) is 12.1. The van der Waals surface area contributed by atoms with Gasteiger partial charge in [0.1, 0.15) is 6.04 Å². The van der Waals surface area contributed by atoms with Crippen LogP contribution in [-0.2, 0) is 14.4 Å². The number of rotatable bonds is 4. The Hall–Kier alpha value is -1.39. The Labute approximate surface area is 114 Å². The van der Waals surface area contributed by atoms with Crippen LogP contribution in [0.1, 0.15) is 47.0 Å². The lowest BCUT2D eigenvalue weighted by molar-refractivity contribution is -0.158. The van der Waals surface area contributed by atoms with Gasteiger partial charge in [0.15, 0.2) is 0 Å². The molecule has 1 heterocycles. The Morgan fingerprint density at radius 1 is 1.21 bits per heavy atom. The summed E-state index contributed by atoms with van der Waals surface area (Å²) in [5.74, 6) is -2.14. The highest BCUT2D eigenvalue weighted by Gasteiger charge is 2.41. The summed E-state index contributed by atoms with van der Waals surface area (Å²) in [5, 5.41) is 9.15. The van der Waals surface area contributed by atoms with Crippen LogP contribution in [0, 0.1) is 11.3 Å². The van der Waals surface area contributed by atoms with Gasteiger partial charge in [-0.3, -0.25) is 9.59 Å². The van der Waals surface area contributed by atoms with Crippen molar-refractivity contribution in [2.24, 2.45) is 11.3 Å². The lowest BCUT2D eigenvalue weighted by Crippen LogP contribution is -2.53. The molecule has 0 bridgehead atoms. The predicted molar refractivity (Wildman–Crippen MR) is 70.6 cm³/mol. The summed E-state index contributed by atoms with van der Waals surface area (Å²) in [6.07, 6.45) is 1.96. The van der Waals surface area contributed by atoms with Crippen molar-refractivity contribution in [2.45, 2.75) is 53.0 Å². The number of carboxylic acid groups (broad SMARTS) is 1. The zero-order chi connectivity index (χ0) is 14.8. The number of ketones is 1. The average Bonchev–Trinajstić information content (AvgIpc) is 2.36. The van der Waals surface area contributed by atoms with Crippen LogP contribution in [0.25, 0.3) is 0 Å². The molecule has 1 aliphatic rings. The fraction of sp³-hybridized carbons (Fsp3) is 0.786. The maximum Gasteiger partial charge on any atom is 0.326 e. The molecule has 0 spiro atoms. The highest BCUT2D eigenvalue weighted by Crippen LogP contribution is 2.29. The van der Waals surface area contributed by atoms with Crippen LogP contribution < -0.4 is 0 Å². The second kappa shape index (κ2) is 5.72. The minimum atomic E-state index is -1.02. The van der Waals surface area contributed by atoms with Crippen molar-refractivity contribution in [3.8, 4) is 0 Å². The molecule has 0 aromatic rings. The van der Waals surface area contributed by atoms with E-state index in [-0.39, 0.29) is 5.92 Å². The van der Waals surface area contributed by atoms with E-state index in [2.05, 4.69) is 0 Å². The topological polar surface area (TPSA) is 74.7 Å². The molecule has 1 atom stereocenters. The first-order chi connectivity index (χ1) is 8.69. The minimum absolute atomic E-state index is 0.0250. The third kappa shape index (κ3) is 3.14. The molecule has 5 heteroatoms. The molecule has 108 valence electrons. The number of piperidine rings is 1. The molecule has 0 saturated carbocycles. The summed E-state index contributed by atoms with van der Waals surface area (Å²) in [6.45, 7) is 7.59. The molecule has 0 aromatic heterocycles. The van der Waals surface area contributed by atoms with Crippen molar-refractivity contribution in [1.29, 1.82) is 0 Å². The molecular weight excluding hydrogens is 246 g/mol. The van der Waals surface area contributed by atoms with E-state index in [4.69, 9.17) is 5.11 Å². The van der Waals surface area contributed by atoms with Gasteiger partial charge in [0.25, 0.3) is 5.91 Å². The van der Waals surface area contributed by atoms with Gasteiger partial charge in [0.05, 0.1) is 0 Å². The Balaban J connectivity index is 2.92. The number of hydrogen-bond donors (Lipinski definition) is 1. The third-order valence-corrected chi connectivity index (χ3v) is 4.27. The van der Waals surface area contributed by atoms with Crippen LogP contribution >= 0.6 is 0 Å². The van der Waals surface area contributed by atoms with Crippen molar-refractivity contribution >= 4 is 17.7 Å². The maximum atomic E-state index is 12.3. The van der Waals surface area contributed by atoms with Gasteiger partial charge < -0.3 is 10.0 Å². The van der Waals surface area contributed by atoms with Gasteiger partial charge in [-0.05, 0) is 25.2 Å². The summed E-state index contributed by atoms with van der Waals surface area (Å²) in [4.78, 5) is 37.0. The zero-order valence-electron chi connectivity index (χ0n) is 12.1. The Morgan fingerprint density at radius 3 is 2.26 bits per heavy atom. The molecule has 0 unspecified atom stereocenters. The number of carbonyl (C=O) groups is 3. The summed E-state index contributed by atoms with van der Waals surface area (Å²) in [5.41, 5.74) is -0.766. The summed E-state index contributed by atoms with van der Waals surface area (Å²) >= 11 is 0. The fourth-order valence-corrected chi connectivity index (χ4v) is 2.10. The first kappa shape index (κ1) is 15.7. The number of aliphatic carboxylic acids is 1. The average molecular weight is 269 g/mol. The van der Waals surface area contributed by atoms with Gasteiger partial charge in [-0.1, -0.05) is 27.7 Å². The highest BCUT2D eigenvalue weighted by molar-refractivity contribution is 6.38. The molecule has 0 aliphatic carbocycles. The number of amides is 1. The van der Waals surface area contributed by atoms with E-state index in [0.717, 1.165) is 12.8 Å². The van der Waals surface area contributed by atoms with Crippen molar-refractivity contribution < 1.29 is 19.5 Å². The molecule has 19 heavy (non-hydrogen) atoms. The quantitative estimate of drug-likeness (QED) is 0.788. The largest absolute Gasteiger partial charge is 0.480 e. The molecule has 1 N–H and O–H groups in total. The van der Waals surface area contributed by atoms with E-state index in [0.29, 0.717) is 13.0 Å². The number of Topliss-reactive ketones (excluding diaryl/α,β-unsaturated/α-hetero) is 1. The minimum Gasteiger partial charge on any atom is -0.480 e. The smallest absolute Gasteiger partial charge is 0.326 e. The van der Waals surface area contributed by atoms with Gasteiger partial charge in [0, 0.05) is 12.0 Å².